The molecule has 2 heteroatoms. The van der Waals surface area contributed by atoms with Crippen LogP contribution in [0.25, 0.3) is 0 Å². The van der Waals surface area contributed by atoms with E-state index in [0.29, 0.717) is 11.3 Å². The Morgan fingerprint density at radius 3 is 0.653 bits per heavy atom. The fraction of sp³-hybridized carbons (Fsp3) is 0.489. The number of hydrogen-bond donors (Lipinski definition) is 0. The first kappa shape index (κ1) is 39.5. The molecule has 4 aromatic rings. The summed E-state index contributed by atoms with van der Waals surface area (Å²) in [6.07, 6.45) is 8.66. The average Bonchev–Trinajstić information content (AvgIpc) is 3.13. The van der Waals surface area contributed by atoms with Gasteiger partial charge in [0.15, 0.2) is 0 Å². The molecule has 0 radical (unpaired) electrons. The van der Waals surface area contributed by atoms with E-state index in [1.807, 2.05) is 0 Å². The highest BCUT2D eigenvalue weighted by Crippen LogP contribution is 2.57. The second-order valence-electron chi connectivity index (χ2n) is 14.8. The maximum Gasteiger partial charge on any atom is -0.00997 e. The quantitative estimate of drug-likeness (QED) is 0.103. The van der Waals surface area contributed by atoms with Crippen LogP contribution in [0, 0.1) is 5.41 Å². The van der Waals surface area contributed by atoms with Gasteiger partial charge in [-0.25, -0.2) is 0 Å². The first-order valence-corrected chi connectivity index (χ1v) is 22.4. The van der Waals surface area contributed by atoms with E-state index in [9.17, 15) is 0 Å². The summed E-state index contributed by atoms with van der Waals surface area (Å²) in [6, 6.07) is 30.4. The first-order chi connectivity index (χ1) is 23.5. The Morgan fingerprint density at radius 2 is 0.510 bits per heavy atom. The van der Waals surface area contributed by atoms with Gasteiger partial charge >= 0.3 is 0 Å². The van der Waals surface area contributed by atoms with Gasteiger partial charge in [0.1, 0.15) is 0 Å². The standard InChI is InChI=1S/C47H66P2/c1-13-35-21-36(14-2)26-43(25-35)48(44-27-37(15-3)22-38(16-4)28-44)33(9)47(11,12)34(10)49(45-29-39(17-5)23-40(18-6)30-45)46-31-41(19-7)24-42(20-8)32-46/h21-34H,13-20H2,1-12H3. The van der Waals surface area contributed by atoms with E-state index in [4.69, 9.17) is 0 Å². The third kappa shape index (κ3) is 9.16. The molecule has 0 spiro atoms. The third-order valence-corrected chi connectivity index (χ3v) is 17.6. The zero-order valence-corrected chi connectivity index (χ0v) is 34.9. The van der Waals surface area contributed by atoms with Crippen LogP contribution < -0.4 is 21.2 Å². The van der Waals surface area contributed by atoms with Crippen LogP contribution in [0.3, 0.4) is 0 Å². The molecule has 0 aliphatic rings. The lowest BCUT2D eigenvalue weighted by molar-refractivity contribution is 0.356. The van der Waals surface area contributed by atoms with Crippen LogP contribution in [-0.2, 0) is 51.4 Å². The normalized spacial score (nSPS) is 13.3. The van der Waals surface area contributed by atoms with E-state index >= 15 is 0 Å². The summed E-state index contributed by atoms with van der Waals surface area (Å²) in [6.45, 7) is 29.0. The van der Waals surface area contributed by atoms with Crippen molar-refractivity contribution >= 4 is 37.1 Å². The Hall–Kier alpha value is -2.26. The molecular formula is C47H66P2. The first-order valence-electron chi connectivity index (χ1n) is 19.6. The highest BCUT2D eigenvalue weighted by molar-refractivity contribution is 7.74. The molecule has 0 amide bonds. The van der Waals surface area contributed by atoms with Crippen molar-refractivity contribution in [3.05, 3.63) is 117 Å². The second kappa shape index (κ2) is 17.8. The Balaban J connectivity index is 1.98. The summed E-state index contributed by atoms with van der Waals surface area (Å²) in [5, 5.41) is 6.28. The molecule has 0 saturated heterocycles. The minimum atomic E-state index is -0.610. The SMILES string of the molecule is CCc1cc(CC)cc(P(c2cc(CC)cc(CC)c2)C(C)C(C)(C)C(C)P(c2cc(CC)cc(CC)c2)c2cc(CC)cc(CC)c2)c1. The van der Waals surface area contributed by atoms with Crippen molar-refractivity contribution in [2.24, 2.45) is 5.41 Å². The smallest absolute Gasteiger partial charge is 0.00997 e. The molecule has 4 rings (SSSR count). The van der Waals surface area contributed by atoms with Crippen LogP contribution in [0.2, 0.25) is 0 Å². The van der Waals surface area contributed by atoms with Crippen molar-refractivity contribution in [3.8, 4) is 0 Å². The summed E-state index contributed by atoms with van der Waals surface area (Å²) in [5.74, 6) is 0. The van der Waals surface area contributed by atoms with E-state index in [0.717, 1.165) is 51.4 Å². The topological polar surface area (TPSA) is 0 Å². The minimum absolute atomic E-state index is 0.0732. The van der Waals surface area contributed by atoms with Crippen LogP contribution in [0.5, 0.6) is 0 Å². The average molecular weight is 693 g/mol. The molecule has 0 aliphatic carbocycles. The summed E-state index contributed by atoms with van der Waals surface area (Å²) >= 11 is 0. The predicted molar refractivity (Wildman–Crippen MR) is 226 cm³/mol. The van der Waals surface area contributed by atoms with E-state index in [1.165, 1.54) is 44.5 Å². The molecule has 0 aliphatic heterocycles. The maximum absolute atomic E-state index is 2.62. The predicted octanol–water partition coefficient (Wildman–Crippen LogP) is 11.6. The van der Waals surface area contributed by atoms with Gasteiger partial charge in [-0.15, -0.1) is 0 Å². The molecule has 2 atom stereocenters. The Morgan fingerprint density at radius 1 is 0.347 bits per heavy atom. The Bertz CT molecular complexity index is 1360. The van der Waals surface area contributed by atoms with Gasteiger partial charge in [-0.3, -0.25) is 0 Å². The van der Waals surface area contributed by atoms with E-state index in [2.05, 4.69) is 156 Å². The van der Waals surface area contributed by atoms with Crippen LogP contribution in [-0.4, -0.2) is 11.3 Å². The van der Waals surface area contributed by atoms with Gasteiger partial charge < -0.3 is 0 Å². The zero-order valence-electron chi connectivity index (χ0n) is 33.1. The van der Waals surface area contributed by atoms with Crippen molar-refractivity contribution in [1.29, 1.82) is 0 Å². The molecule has 0 N–H and O–H groups in total. The zero-order chi connectivity index (χ0) is 35.9. The number of hydrogen-bond acceptors (Lipinski definition) is 0. The third-order valence-electron chi connectivity index (χ3n) is 11.5. The number of benzene rings is 4. The van der Waals surface area contributed by atoms with Crippen LogP contribution in [0.1, 0.15) is 128 Å². The molecular weight excluding hydrogens is 626 g/mol. The van der Waals surface area contributed by atoms with Gasteiger partial charge in [0.25, 0.3) is 0 Å². The highest BCUT2D eigenvalue weighted by Gasteiger charge is 2.42. The molecule has 49 heavy (non-hydrogen) atoms. The van der Waals surface area contributed by atoms with Gasteiger partial charge in [0, 0.05) is 0 Å². The van der Waals surface area contributed by atoms with Gasteiger partial charge in [-0.1, -0.05) is 156 Å². The van der Waals surface area contributed by atoms with Crippen molar-refractivity contribution in [2.75, 3.05) is 0 Å². The molecule has 0 bridgehead atoms. The van der Waals surface area contributed by atoms with Gasteiger partial charge in [-0.2, -0.15) is 0 Å². The molecule has 2 unspecified atom stereocenters. The Labute approximate surface area is 304 Å². The van der Waals surface area contributed by atoms with Crippen molar-refractivity contribution in [2.45, 2.75) is 146 Å². The monoisotopic (exact) mass is 692 g/mol. The molecule has 4 aromatic carbocycles. The summed E-state index contributed by atoms with van der Waals surface area (Å²) in [7, 11) is -1.22. The molecule has 0 nitrogen and oxygen atoms in total. The summed E-state index contributed by atoms with van der Waals surface area (Å²) in [5.41, 5.74) is 12.9. The maximum atomic E-state index is 2.62. The summed E-state index contributed by atoms with van der Waals surface area (Å²) in [4.78, 5) is 0. The van der Waals surface area contributed by atoms with Crippen LogP contribution in [0.15, 0.2) is 72.8 Å². The fourth-order valence-corrected chi connectivity index (χ4v) is 14.1. The minimum Gasteiger partial charge on any atom is -0.0613 e. The lowest BCUT2D eigenvalue weighted by Gasteiger charge is -2.46. The van der Waals surface area contributed by atoms with Gasteiger partial charge in [0.05, 0.1) is 0 Å². The lowest BCUT2D eigenvalue weighted by Crippen LogP contribution is -2.41. The molecule has 0 aromatic heterocycles. The summed E-state index contributed by atoms with van der Waals surface area (Å²) < 4.78 is 0. The number of rotatable bonds is 16. The van der Waals surface area contributed by atoms with E-state index in [-0.39, 0.29) is 5.41 Å². The second-order valence-corrected chi connectivity index (χ2v) is 19.9. The molecule has 0 saturated carbocycles. The fourth-order valence-electron chi connectivity index (χ4n) is 7.37. The lowest BCUT2D eigenvalue weighted by atomic mass is 9.86. The van der Waals surface area contributed by atoms with Crippen LogP contribution >= 0.6 is 15.8 Å². The highest BCUT2D eigenvalue weighted by atomic mass is 31.1. The number of aryl methyl sites for hydroxylation is 8. The van der Waals surface area contributed by atoms with Gasteiger partial charge in [-0.05, 0) is 150 Å². The largest absolute Gasteiger partial charge is 0.0613 e. The molecule has 264 valence electrons. The Kier molecular flexibility index (Phi) is 14.3. The molecule has 0 fully saturated rings. The van der Waals surface area contributed by atoms with Gasteiger partial charge in [0.2, 0.25) is 0 Å². The van der Waals surface area contributed by atoms with Crippen LogP contribution in [0.4, 0.5) is 0 Å². The molecule has 0 heterocycles. The van der Waals surface area contributed by atoms with Crippen molar-refractivity contribution in [1.82, 2.24) is 0 Å². The van der Waals surface area contributed by atoms with E-state index in [1.54, 1.807) is 21.2 Å². The van der Waals surface area contributed by atoms with Crippen molar-refractivity contribution in [3.63, 3.8) is 0 Å². The van der Waals surface area contributed by atoms with Crippen molar-refractivity contribution < 1.29 is 0 Å². The van der Waals surface area contributed by atoms with E-state index < -0.39 is 15.8 Å².